The lowest BCUT2D eigenvalue weighted by Crippen LogP contribution is -1.96. The summed E-state index contributed by atoms with van der Waals surface area (Å²) in [6, 6.07) is 6.74. The molecule has 0 saturated carbocycles. The van der Waals surface area contributed by atoms with Crippen molar-refractivity contribution in [3.63, 3.8) is 0 Å². The van der Waals surface area contributed by atoms with Crippen molar-refractivity contribution in [2.24, 2.45) is 0 Å². The fraction of sp³-hybridized carbons (Fsp3) is 0.333. The van der Waals surface area contributed by atoms with Crippen molar-refractivity contribution in [2.75, 3.05) is 4.43 Å². The first-order chi connectivity index (χ1) is 7.56. The quantitative estimate of drug-likeness (QED) is 0.277. The third-order valence-corrected chi connectivity index (χ3v) is 4.04. The molecule has 0 aromatic heterocycles. The summed E-state index contributed by atoms with van der Waals surface area (Å²) in [6.07, 6.45) is 1.56. The van der Waals surface area contributed by atoms with E-state index in [9.17, 15) is 8.42 Å². The molecule has 0 spiro atoms. The summed E-state index contributed by atoms with van der Waals surface area (Å²) in [4.78, 5) is 0.278. The highest BCUT2D eigenvalue weighted by Gasteiger charge is 2.09. The predicted molar refractivity (Wildman–Crippen MR) is 74.3 cm³/mol. The second-order valence-electron chi connectivity index (χ2n) is 3.39. The van der Waals surface area contributed by atoms with E-state index < -0.39 is 9.84 Å². The van der Waals surface area contributed by atoms with Gasteiger partial charge in [0.1, 0.15) is 0 Å². The van der Waals surface area contributed by atoms with Crippen LogP contribution in [0.4, 0.5) is 0 Å². The number of sulfone groups is 1. The van der Waals surface area contributed by atoms with E-state index >= 15 is 0 Å². The first kappa shape index (κ1) is 13.5. The topological polar surface area (TPSA) is 34.1 Å². The Morgan fingerprint density at radius 2 is 1.88 bits per heavy atom. The molecule has 1 rings (SSSR count). The van der Waals surface area contributed by atoms with E-state index in [1.807, 2.05) is 6.92 Å². The van der Waals surface area contributed by atoms with Crippen LogP contribution in [0.2, 0.25) is 0 Å². The first-order valence-electron chi connectivity index (χ1n) is 4.93. The van der Waals surface area contributed by atoms with E-state index in [1.54, 1.807) is 24.3 Å². The minimum atomic E-state index is -3.42. The molecule has 4 heteroatoms. The van der Waals surface area contributed by atoms with Crippen molar-refractivity contribution in [3.05, 3.63) is 29.8 Å². The van der Waals surface area contributed by atoms with Crippen LogP contribution in [0.15, 0.2) is 29.2 Å². The average molecular weight is 348 g/mol. The summed E-state index contributed by atoms with van der Waals surface area (Å²) in [7, 11) is -3.42. The average Bonchev–Trinajstić information content (AvgIpc) is 2.25. The summed E-state index contributed by atoms with van der Waals surface area (Å²) < 4.78 is 24.5. The minimum Gasteiger partial charge on any atom is -0.210 e. The lowest BCUT2D eigenvalue weighted by atomic mass is 10.2. The van der Waals surface area contributed by atoms with Crippen molar-refractivity contribution in [2.45, 2.75) is 24.7 Å². The number of rotatable bonds is 3. The van der Waals surface area contributed by atoms with E-state index in [-0.39, 0.29) is 4.90 Å². The monoisotopic (exact) mass is 348 g/mol. The molecule has 0 saturated heterocycles. The SMILES string of the molecule is Cc1ccc(S(=O)(=O)C#CCCCI)cc1. The molecule has 0 N–H and O–H groups in total. The molecule has 0 bridgehead atoms. The molecule has 1 aromatic carbocycles. The van der Waals surface area contributed by atoms with Gasteiger partial charge in [-0.05, 0) is 25.5 Å². The highest BCUT2D eigenvalue weighted by Crippen LogP contribution is 2.11. The van der Waals surface area contributed by atoms with Gasteiger partial charge in [-0.15, -0.1) is 0 Å². The van der Waals surface area contributed by atoms with Gasteiger partial charge >= 0.3 is 0 Å². The van der Waals surface area contributed by atoms with Crippen molar-refractivity contribution in [3.8, 4) is 11.2 Å². The van der Waals surface area contributed by atoms with Crippen LogP contribution in [0.3, 0.4) is 0 Å². The molecule has 0 aliphatic carbocycles. The third-order valence-electron chi connectivity index (χ3n) is 1.97. The van der Waals surface area contributed by atoms with Crippen LogP contribution in [-0.2, 0) is 9.84 Å². The van der Waals surface area contributed by atoms with Crippen LogP contribution < -0.4 is 0 Å². The van der Waals surface area contributed by atoms with Crippen molar-refractivity contribution in [1.29, 1.82) is 0 Å². The maximum absolute atomic E-state index is 11.7. The van der Waals surface area contributed by atoms with Gasteiger partial charge < -0.3 is 0 Å². The van der Waals surface area contributed by atoms with Gasteiger partial charge in [0.15, 0.2) is 0 Å². The van der Waals surface area contributed by atoms with E-state index in [0.717, 1.165) is 16.4 Å². The predicted octanol–water partition coefficient (Wildman–Crippen LogP) is 2.94. The second-order valence-corrected chi connectivity index (χ2v) is 6.15. The molecule has 0 aliphatic heterocycles. The molecular formula is C12H13IO2S. The van der Waals surface area contributed by atoms with Crippen LogP contribution in [0.5, 0.6) is 0 Å². The van der Waals surface area contributed by atoms with Crippen molar-refractivity contribution >= 4 is 32.4 Å². The molecule has 1 aromatic rings. The van der Waals surface area contributed by atoms with Gasteiger partial charge in [0.05, 0.1) is 4.90 Å². The summed E-state index contributed by atoms with van der Waals surface area (Å²) >= 11 is 2.25. The third kappa shape index (κ3) is 4.14. The zero-order chi connectivity index (χ0) is 12.0. The zero-order valence-corrected chi connectivity index (χ0v) is 12.0. The van der Waals surface area contributed by atoms with Crippen LogP contribution in [0.25, 0.3) is 0 Å². The van der Waals surface area contributed by atoms with Crippen molar-refractivity contribution < 1.29 is 8.42 Å². The van der Waals surface area contributed by atoms with Gasteiger partial charge in [-0.3, -0.25) is 0 Å². The molecule has 16 heavy (non-hydrogen) atoms. The first-order valence-corrected chi connectivity index (χ1v) is 7.94. The van der Waals surface area contributed by atoms with Crippen LogP contribution in [0.1, 0.15) is 18.4 Å². The highest BCUT2D eigenvalue weighted by molar-refractivity contribution is 14.1. The molecule has 0 amide bonds. The number of aryl methyl sites for hydroxylation is 1. The number of benzene rings is 1. The Bertz CT molecular complexity index is 492. The summed E-state index contributed by atoms with van der Waals surface area (Å²) in [5, 5.41) is 2.35. The second kappa shape index (κ2) is 6.26. The molecular weight excluding hydrogens is 335 g/mol. The molecule has 0 atom stereocenters. The summed E-state index contributed by atoms with van der Waals surface area (Å²) in [5.74, 6) is 2.70. The Morgan fingerprint density at radius 1 is 1.25 bits per heavy atom. The number of alkyl halides is 1. The van der Waals surface area contributed by atoms with Crippen LogP contribution in [0, 0.1) is 18.1 Å². The molecule has 0 radical (unpaired) electrons. The van der Waals surface area contributed by atoms with E-state index in [2.05, 4.69) is 33.8 Å². The van der Waals surface area contributed by atoms with Gasteiger partial charge in [0, 0.05) is 16.1 Å². The maximum Gasteiger partial charge on any atom is 0.245 e. The summed E-state index contributed by atoms with van der Waals surface area (Å²) in [6.45, 7) is 1.92. The normalized spacial score (nSPS) is 10.6. The highest BCUT2D eigenvalue weighted by atomic mass is 127. The van der Waals surface area contributed by atoms with E-state index in [4.69, 9.17) is 0 Å². The van der Waals surface area contributed by atoms with Gasteiger partial charge in [0.2, 0.25) is 9.84 Å². The maximum atomic E-state index is 11.7. The Hall–Kier alpha value is -0.540. The largest absolute Gasteiger partial charge is 0.245 e. The van der Waals surface area contributed by atoms with Crippen LogP contribution >= 0.6 is 22.6 Å². The zero-order valence-electron chi connectivity index (χ0n) is 9.03. The Labute approximate surface area is 111 Å². The van der Waals surface area contributed by atoms with Gasteiger partial charge in [-0.1, -0.05) is 46.2 Å². The lowest BCUT2D eigenvalue weighted by molar-refractivity contribution is 0.606. The summed E-state index contributed by atoms with van der Waals surface area (Å²) in [5.41, 5.74) is 1.04. The number of hydrogen-bond acceptors (Lipinski definition) is 2. The fourth-order valence-corrected chi connectivity index (χ4v) is 2.36. The Kier molecular flexibility index (Phi) is 5.29. The fourth-order valence-electron chi connectivity index (χ4n) is 1.08. The smallest absolute Gasteiger partial charge is 0.210 e. The van der Waals surface area contributed by atoms with Gasteiger partial charge in [-0.2, -0.15) is 0 Å². The standard InChI is InChI=1S/C12H13IO2S/c1-11-5-7-12(8-6-11)16(14,15)10-4-2-3-9-13/h5-8H,2-3,9H2,1H3. The lowest BCUT2D eigenvalue weighted by Gasteiger charge is -1.97. The Balaban J connectivity index is 2.84. The van der Waals surface area contributed by atoms with Gasteiger partial charge in [0.25, 0.3) is 0 Å². The molecule has 86 valence electrons. The molecule has 2 nitrogen and oxygen atoms in total. The van der Waals surface area contributed by atoms with Crippen LogP contribution in [-0.4, -0.2) is 12.8 Å². The Morgan fingerprint density at radius 3 is 2.44 bits per heavy atom. The number of halogens is 1. The number of hydrogen-bond donors (Lipinski definition) is 0. The minimum absolute atomic E-state index is 0.278. The van der Waals surface area contributed by atoms with Crippen molar-refractivity contribution in [1.82, 2.24) is 0 Å². The molecule has 0 fully saturated rings. The molecule has 0 aliphatic rings. The van der Waals surface area contributed by atoms with E-state index in [0.29, 0.717) is 6.42 Å². The molecule has 0 heterocycles. The molecule has 0 unspecified atom stereocenters. The number of unbranched alkanes of at least 4 members (excludes halogenated alkanes) is 1. The van der Waals surface area contributed by atoms with Gasteiger partial charge in [-0.25, -0.2) is 8.42 Å². The van der Waals surface area contributed by atoms with E-state index in [1.165, 1.54) is 0 Å².